The van der Waals surface area contributed by atoms with Crippen LogP contribution in [0.2, 0.25) is 0 Å². The zero-order chi connectivity index (χ0) is 31.4. The van der Waals surface area contributed by atoms with Gasteiger partial charge >= 0.3 is 5.97 Å². The summed E-state index contributed by atoms with van der Waals surface area (Å²) < 4.78 is 5.10. The molecular weight excluding hydrogens is 554 g/mol. The molecule has 0 fully saturated rings. The van der Waals surface area contributed by atoms with Crippen molar-refractivity contribution in [3.05, 3.63) is 113 Å². The molecule has 1 N–H and O–H groups in total. The van der Waals surface area contributed by atoms with Crippen LogP contribution in [0.1, 0.15) is 50.8 Å². The molecule has 4 aromatic rings. The van der Waals surface area contributed by atoms with Gasteiger partial charge in [0.15, 0.2) is 0 Å². The number of carbonyl (C=O) groups excluding carboxylic acids is 4. The van der Waals surface area contributed by atoms with Crippen molar-refractivity contribution in [2.75, 3.05) is 34.8 Å². The average Bonchev–Trinajstić information content (AvgIpc) is 3.14. The van der Waals surface area contributed by atoms with Gasteiger partial charge in [-0.05, 0) is 92.4 Å². The Morgan fingerprint density at radius 1 is 0.841 bits per heavy atom. The molecule has 0 saturated carbocycles. The van der Waals surface area contributed by atoms with Crippen LogP contribution in [0, 0.1) is 20.8 Å². The highest BCUT2D eigenvalue weighted by Crippen LogP contribution is 2.36. The molecule has 0 unspecified atom stereocenters. The second-order valence-corrected chi connectivity index (χ2v) is 10.9. The van der Waals surface area contributed by atoms with Crippen LogP contribution >= 0.6 is 0 Å². The molecule has 1 heterocycles. The summed E-state index contributed by atoms with van der Waals surface area (Å²) in [5.74, 6) is -1.32. The maximum absolute atomic E-state index is 13.8. The standard InChI is InChI=1S/C36H35N3O5/c1-5-44-34(41)22-39-32-21-25(4)24(3)20-31(32)38(19-18-33(39)40)36(43)27-14-16-28(17-15-27)37-35(42)30-9-7-6-8-29(30)26-12-10-23(2)11-13-26/h6-17,20-21H,5,18-19,22H2,1-4H3,(H,37,42). The first-order valence-electron chi connectivity index (χ1n) is 14.6. The number of hydrogen-bond acceptors (Lipinski definition) is 5. The predicted octanol–water partition coefficient (Wildman–Crippen LogP) is 6.48. The van der Waals surface area contributed by atoms with E-state index in [9.17, 15) is 19.2 Å². The van der Waals surface area contributed by atoms with Gasteiger partial charge in [0.2, 0.25) is 5.91 Å². The van der Waals surface area contributed by atoms with Crippen LogP contribution in [-0.4, -0.2) is 43.4 Å². The van der Waals surface area contributed by atoms with E-state index in [1.54, 1.807) is 42.2 Å². The van der Waals surface area contributed by atoms with E-state index in [1.165, 1.54) is 4.90 Å². The summed E-state index contributed by atoms with van der Waals surface area (Å²) in [6, 6.07) is 25.9. The first-order chi connectivity index (χ1) is 21.2. The van der Waals surface area contributed by atoms with E-state index < -0.39 is 5.97 Å². The van der Waals surface area contributed by atoms with Crippen LogP contribution in [0.3, 0.4) is 0 Å². The van der Waals surface area contributed by atoms with Crippen molar-refractivity contribution >= 4 is 40.8 Å². The van der Waals surface area contributed by atoms with Gasteiger partial charge in [-0.25, -0.2) is 0 Å². The molecular formula is C36H35N3O5. The number of rotatable bonds is 7. The number of fused-ring (bicyclic) bond motifs is 1. The van der Waals surface area contributed by atoms with Crippen LogP contribution < -0.4 is 15.1 Å². The lowest BCUT2D eigenvalue weighted by Gasteiger charge is -2.26. The monoisotopic (exact) mass is 589 g/mol. The minimum Gasteiger partial charge on any atom is -0.465 e. The van der Waals surface area contributed by atoms with Crippen LogP contribution in [0.4, 0.5) is 17.1 Å². The second kappa shape index (κ2) is 13.0. The molecule has 0 spiro atoms. The lowest BCUT2D eigenvalue weighted by molar-refractivity contribution is -0.142. The third kappa shape index (κ3) is 6.39. The summed E-state index contributed by atoms with van der Waals surface area (Å²) >= 11 is 0. The molecule has 1 aliphatic rings. The third-order valence-corrected chi connectivity index (χ3v) is 7.78. The summed E-state index contributed by atoms with van der Waals surface area (Å²) in [6.45, 7) is 7.73. The molecule has 0 atom stereocenters. The highest BCUT2D eigenvalue weighted by Gasteiger charge is 2.32. The van der Waals surface area contributed by atoms with Crippen LogP contribution in [0.25, 0.3) is 11.1 Å². The minimum atomic E-state index is -0.510. The van der Waals surface area contributed by atoms with Gasteiger partial charge in [0.05, 0.1) is 18.0 Å². The maximum Gasteiger partial charge on any atom is 0.326 e. The zero-order valence-electron chi connectivity index (χ0n) is 25.3. The van der Waals surface area contributed by atoms with Gasteiger partial charge in [-0.3, -0.25) is 24.1 Å². The van der Waals surface area contributed by atoms with Gasteiger partial charge in [-0.1, -0.05) is 48.0 Å². The van der Waals surface area contributed by atoms with Gasteiger partial charge in [-0.15, -0.1) is 0 Å². The summed E-state index contributed by atoms with van der Waals surface area (Å²) in [6.07, 6.45) is 0.0481. The molecule has 0 saturated heterocycles. The van der Waals surface area contributed by atoms with E-state index in [1.807, 2.05) is 75.4 Å². The average molecular weight is 590 g/mol. The number of amides is 3. The molecule has 0 aromatic heterocycles. The van der Waals surface area contributed by atoms with E-state index in [2.05, 4.69) is 5.32 Å². The molecule has 5 rings (SSSR count). The summed E-state index contributed by atoms with van der Waals surface area (Å²) in [4.78, 5) is 55.6. The number of ether oxygens (including phenoxy) is 1. The second-order valence-electron chi connectivity index (χ2n) is 10.9. The molecule has 44 heavy (non-hydrogen) atoms. The largest absolute Gasteiger partial charge is 0.465 e. The van der Waals surface area contributed by atoms with Crippen LogP contribution in [0.15, 0.2) is 84.9 Å². The van der Waals surface area contributed by atoms with Crippen LogP contribution in [0.5, 0.6) is 0 Å². The highest BCUT2D eigenvalue weighted by atomic mass is 16.5. The lowest BCUT2D eigenvalue weighted by atomic mass is 9.98. The van der Waals surface area contributed by atoms with Crippen molar-refractivity contribution in [3.63, 3.8) is 0 Å². The van der Waals surface area contributed by atoms with Gasteiger partial charge < -0.3 is 15.0 Å². The van der Waals surface area contributed by atoms with Crippen LogP contribution in [-0.2, 0) is 14.3 Å². The van der Waals surface area contributed by atoms with Gasteiger partial charge in [0, 0.05) is 29.8 Å². The Bertz CT molecular complexity index is 1730. The highest BCUT2D eigenvalue weighted by molar-refractivity contribution is 6.13. The Balaban J connectivity index is 1.38. The van der Waals surface area contributed by atoms with E-state index in [0.717, 1.165) is 27.8 Å². The number of nitrogens with one attached hydrogen (secondary N) is 1. The van der Waals surface area contributed by atoms with Crippen molar-refractivity contribution in [2.24, 2.45) is 0 Å². The Morgan fingerprint density at radius 2 is 1.50 bits per heavy atom. The molecule has 1 aliphatic heterocycles. The number of carbonyl (C=O) groups is 4. The number of esters is 1. The number of aryl methyl sites for hydroxylation is 3. The Labute approximate surface area is 257 Å². The number of benzene rings is 4. The number of nitrogens with zero attached hydrogens (tertiary/aromatic N) is 2. The predicted molar refractivity (Wildman–Crippen MR) is 172 cm³/mol. The molecule has 8 heteroatoms. The topological polar surface area (TPSA) is 96.0 Å². The fourth-order valence-electron chi connectivity index (χ4n) is 5.25. The summed E-state index contributed by atoms with van der Waals surface area (Å²) in [5.41, 5.74) is 7.34. The van der Waals surface area contributed by atoms with E-state index in [4.69, 9.17) is 4.74 Å². The quantitative estimate of drug-likeness (QED) is 0.249. The third-order valence-electron chi connectivity index (χ3n) is 7.78. The Morgan fingerprint density at radius 3 is 2.18 bits per heavy atom. The molecule has 0 radical (unpaired) electrons. The molecule has 4 aromatic carbocycles. The van der Waals surface area contributed by atoms with Crippen molar-refractivity contribution in [2.45, 2.75) is 34.1 Å². The Hall–Kier alpha value is -5.24. The zero-order valence-corrected chi connectivity index (χ0v) is 25.3. The fraction of sp³-hybridized carbons (Fsp3) is 0.222. The van der Waals surface area contributed by atoms with E-state index >= 15 is 0 Å². The van der Waals surface area contributed by atoms with Crippen molar-refractivity contribution < 1.29 is 23.9 Å². The number of anilines is 3. The number of hydrogen-bond donors (Lipinski definition) is 1. The van der Waals surface area contributed by atoms with Crippen molar-refractivity contribution in [1.29, 1.82) is 0 Å². The van der Waals surface area contributed by atoms with Gasteiger partial charge in [0.1, 0.15) is 6.54 Å². The van der Waals surface area contributed by atoms with Gasteiger partial charge in [-0.2, -0.15) is 0 Å². The molecule has 3 amide bonds. The van der Waals surface area contributed by atoms with Crippen molar-refractivity contribution in [1.82, 2.24) is 0 Å². The first kappa shape index (κ1) is 30.2. The van der Waals surface area contributed by atoms with E-state index in [-0.39, 0.29) is 43.8 Å². The smallest absolute Gasteiger partial charge is 0.326 e. The summed E-state index contributed by atoms with van der Waals surface area (Å²) in [7, 11) is 0. The molecule has 0 bridgehead atoms. The normalized spacial score (nSPS) is 12.8. The maximum atomic E-state index is 13.8. The first-order valence-corrected chi connectivity index (χ1v) is 14.6. The minimum absolute atomic E-state index is 0.0481. The lowest BCUT2D eigenvalue weighted by Crippen LogP contribution is -2.36. The van der Waals surface area contributed by atoms with E-state index in [0.29, 0.717) is 28.2 Å². The molecule has 224 valence electrons. The fourth-order valence-corrected chi connectivity index (χ4v) is 5.25. The molecule has 0 aliphatic carbocycles. The van der Waals surface area contributed by atoms with Crippen molar-refractivity contribution in [3.8, 4) is 11.1 Å². The SMILES string of the molecule is CCOC(=O)CN1C(=O)CCN(C(=O)c2ccc(NC(=O)c3ccccc3-c3ccc(C)cc3)cc2)c2cc(C)c(C)cc21. The summed E-state index contributed by atoms with van der Waals surface area (Å²) in [5, 5.41) is 2.95. The van der Waals surface area contributed by atoms with Gasteiger partial charge in [0.25, 0.3) is 11.8 Å². The molecule has 8 nitrogen and oxygen atoms in total. The Kier molecular flexibility index (Phi) is 8.90.